The first kappa shape index (κ1) is 13.2. The highest BCUT2D eigenvalue weighted by molar-refractivity contribution is 7.85. The summed E-state index contributed by atoms with van der Waals surface area (Å²) in [5, 5.41) is 9.95. The van der Waals surface area contributed by atoms with E-state index >= 15 is 0 Å². The molecule has 1 aromatic carbocycles. The minimum Gasteiger partial charge on any atom is -0.496 e. The fourth-order valence-electron chi connectivity index (χ4n) is 1.25. The predicted octanol–water partition coefficient (Wildman–Crippen LogP) is 1.27. The second-order valence-electron chi connectivity index (χ2n) is 3.15. The maximum Gasteiger partial charge on any atom is 0.267 e. The average molecular weight is 267 g/mol. The van der Waals surface area contributed by atoms with Gasteiger partial charge in [-0.2, -0.15) is 8.42 Å². The highest BCUT2D eigenvalue weighted by Crippen LogP contribution is 2.28. The van der Waals surface area contributed by atoms with Crippen molar-refractivity contribution in [2.75, 3.05) is 12.9 Å². The van der Waals surface area contributed by atoms with Crippen molar-refractivity contribution in [1.82, 2.24) is 0 Å². The molecule has 0 amide bonds. The molecule has 1 aromatic rings. The van der Waals surface area contributed by atoms with Crippen LogP contribution >= 0.6 is 11.6 Å². The number of aliphatic hydroxyl groups excluding tert-OH is 1. The lowest BCUT2D eigenvalue weighted by Gasteiger charge is -2.13. The van der Waals surface area contributed by atoms with E-state index in [9.17, 15) is 13.5 Å². The third-order valence-electron chi connectivity index (χ3n) is 1.92. The number of benzene rings is 1. The first-order chi connectivity index (χ1) is 7.33. The van der Waals surface area contributed by atoms with Crippen LogP contribution in [0.5, 0.6) is 5.75 Å². The Labute approximate surface area is 98.4 Å². The van der Waals surface area contributed by atoms with E-state index < -0.39 is 22.0 Å². The minimum absolute atomic E-state index is 0.215. The van der Waals surface area contributed by atoms with Crippen molar-refractivity contribution >= 4 is 21.7 Å². The Bertz CT molecular complexity index is 471. The molecule has 0 saturated carbocycles. The van der Waals surface area contributed by atoms with E-state index in [0.717, 1.165) is 0 Å². The molecule has 0 bridgehead atoms. The topological polar surface area (TPSA) is 83.8 Å². The second-order valence-corrected chi connectivity index (χ2v) is 5.08. The molecule has 0 aliphatic carbocycles. The molecule has 7 heteroatoms. The van der Waals surface area contributed by atoms with E-state index in [2.05, 4.69) is 0 Å². The van der Waals surface area contributed by atoms with Crippen LogP contribution in [0.2, 0.25) is 5.02 Å². The Morgan fingerprint density at radius 1 is 1.50 bits per heavy atom. The van der Waals surface area contributed by atoms with Crippen molar-refractivity contribution in [1.29, 1.82) is 0 Å². The normalized spacial score (nSPS) is 13.5. The van der Waals surface area contributed by atoms with Crippen molar-refractivity contribution in [2.24, 2.45) is 0 Å². The van der Waals surface area contributed by atoms with E-state index in [1.807, 2.05) is 0 Å². The van der Waals surface area contributed by atoms with Gasteiger partial charge >= 0.3 is 0 Å². The van der Waals surface area contributed by atoms with Gasteiger partial charge in [-0.15, -0.1) is 0 Å². The van der Waals surface area contributed by atoms with Crippen molar-refractivity contribution in [3.63, 3.8) is 0 Å². The Kier molecular flexibility index (Phi) is 4.15. The van der Waals surface area contributed by atoms with E-state index in [1.54, 1.807) is 6.07 Å². The molecular weight excluding hydrogens is 256 g/mol. The summed E-state index contributed by atoms with van der Waals surface area (Å²) >= 11 is 5.71. The zero-order chi connectivity index (χ0) is 12.3. The highest BCUT2D eigenvalue weighted by Gasteiger charge is 2.19. The van der Waals surface area contributed by atoms with Crippen molar-refractivity contribution in [2.45, 2.75) is 6.10 Å². The smallest absolute Gasteiger partial charge is 0.267 e. The van der Waals surface area contributed by atoms with Crippen molar-refractivity contribution < 1.29 is 22.8 Å². The van der Waals surface area contributed by atoms with Crippen LogP contribution in [0, 0.1) is 0 Å². The number of ether oxygens (including phenoxy) is 1. The molecule has 0 saturated heterocycles. The Morgan fingerprint density at radius 3 is 2.62 bits per heavy atom. The molecule has 0 heterocycles. The molecule has 1 unspecified atom stereocenters. The monoisotopic (exact) mass is 266 g/mol. The number of hydrogen-bond donors (Lipinski definition) is 2. The van der Waals surface area contributed by atoms with Gasteiger partial charge < -0.3 is 9.84 Å². The summed E-state index contributed by atoms with van der Waals surface area (Å²) in [5.74, 6) is -0.496. The molecule has 90 valence electrons. The number of rotatable bonds is 4. The SMILES string of the molecule is COc1ccc(Cl)cc1C(O)CS(=O)(=O)O. The molecule has 5 nitrogen and oxygen atoms in total. The quantitative estimate of drug-likeness (QED) is 0.802. The van der Waals surface area contributed by atoms with Gasteiger partial charge in [-0.25, -0.2) is 0 Å². The molecule has 0 fully saturated rings. The number of methoxy groups -OCH3 is 1. The molecular formula is C9H11ClO5S. The van der Waals surface area contributed by atoms with Gasteiger partial charge in [0.1, 0.15) is 11.5 Å². The van der Waals surface area contributed by atoms with E-state index in [4.69, 9.17) is 20.9 Å². The number of aliphatic hydroxyl groups is 1. The first-order valence-electron chi connectivity index (χ1n) is 4.30. The van der Waals surface area contributed by atoms with Crippen LogP contribution < -0.4 is 4.74 Å². The van der Waals surface area contributed by atoms with Gasteiger partial charge in [-0.3, -0.25) is 4.55 Å². The molecule has 0 radical (unpaired) electrons. The zero-order valence-electron chi connectivity index (χ0n) is 8.42. The van der Waals surface area contributed by atoms with Crippen LogP contribution in [-0.4, -0.2) is 30.9 Å². The standard InChI is InChI=1S/C9H11ClO5S/c1-15-9-3-2-6(10)4-7(9)8(11)5-16(12,13)14/h2-4,8,11H,5H2,1H3,(H,12,13,14). The minimum atomic E-state index is -4.26. The van der Waals surface area contributed by atoms with E-state index in [1.165, 1.54) is 19.2 Å². The van der Waals surface area contributed by atoms with Crippen molar-refractivity contribution in [3.8, 4) is 5.75 Å². The van der Waals surface area contributed by atoms with Gasteiger partial charge in [0.05, 0.1) is 13.2 Å². The summed E-state index contributed by atoms with van der Waals surface area (Å²) < 4.78 is 34.8. The molecule has 0 spiro atoms. The van der Waals surface area contributed by atoms with Gasteiger partial charge in [-0.1, -0.05) is 11.6 Å². The zero-order valence-corrected chi connectivity index (χ0v) is 9.99. The maximum atomic E-state index is 10.6. The van der Waals surface area contributed by atoms with Crippen molar-refractivity contribution in [3.05, 3.63) is 28.8 Å². The van der Waals surface area contributed by atoms with Gasteiger partial charge in [0.15, 0.2) is 0 Å². The molecule has 0 aliphatic rings. The van der Waals surface area contributed by atoms with E-state index in [0.29, 0.717) is 10.8 Å². The van der Waals surface area contributed by atoms with Crippen LogP contribution in [-0.2, 0) is 10.1 Å². The summed E-state index contributed by atoms with van der Waals surface area (Å²) in [5.41, 5.74) is 0.215. The van der Waals surface area contributed by atoms with E-state index in [-0.39, 0.29) is 5.56 Å². The van der Waals surface area contributed by atoms with Gasteiger partial charge in [-0.05, 0) is 18.2 Å². The Hall–Kier alpha value is -0.820. The summed E-state index contributed by atoms with van der Waals surface area (Å²) in [6.07, 6.45) is -1.39. The molecule has 0 aliphatic heterocycles. The fraction of sp³-hybridized carbons (Fsp3) is 0.333. The first-order valence-corrected chi connectivity index (χ1v) is 6.29. The number of hydrogen-bond acceptors (Lipinski definition) is 4. The number of halogens is 1. The highest BCUT2D eigenvalue weighted by atomic mass is 35.5. The third-order valence-corrected chi connectivity index (χ3v) is 2.89. The molecule has 1 atom stereocenters. The average Bonchev–Trinajstić information content (AvgIpc) is 2.15. The summed E-state index contributed by atoms with van der Waals surface area (Å²) in [6.45, 7) is 0. The maximum absolute atomic E-state index is 10.6. The fourth-order valence-corrected chi connectivity index (χ4v) is 2.01. The van der Waals surface area contributed by atoms with Crippen LogP contribution in [0.3, 0.4) is 0 Å². The molecule has 1 rings (SSSR count). The van der Waals surface area contributed by atoms with Crippen LogP contribution in [0.1, 0.15) is 11.7 Å². The Balaban J connectivity index is 3.06. The summed E-state index contributed by atoms with van der Waals surface area (Å²) in [6, 6.07) is 4.44. The summed E-state index contributed by atoms with van der Waals surface area (Å²) in [4.78, 5) is 0. The van der Waals surface area contributed by atoms with Crippen LogP contribution in [0.15, 0.2) is 18.2 Å². The molecule has 0 aromatic heterocycles. The second kappa shape index (κ2) is 5.01. The molecule has 2 N–H and O–H groups in total. The molecule has 16 heavy (non-hydrogen) atoms. The largest absolute Gasteiger partial charge is 0.496 e. The lowest BCUT2D eigenvalue weighted by atomic mass is 10.1. The lowest BCUT2D eigenvalue weighted by molar-refractivity contribution is 0.194. The van der Waals surface area contributed by atoms with Gasteiger partial charge in [0.25, 0.3) is 10.1 Å². The summed E-state index contributed by atoms with van der Waals surface area (Å²) in [7, 11) is -2.88. The Morgan fingerprint density at radius 2 is 2.12 bits per heavy atom. The predicted molar refractivity (Wildman–Crippen MR) is 59.4 cm³/mol. The third kappa shape index (κ3) is 3.64. The van der Waals surface area contributed by atoms with Gasteiger partial charge in [0, 0.05) is 10.6 Å². The van der Waals surface area contributed by atoms with Crippen LogP contribution in [0.4, 0.5) is 0 Å². The van der Waals surface area contributed by atoms with Crippen LogP contribution in [0.25, 0.3) is 0 Å². The lowest BCUT2D eigenvalue weighted by Crippen LogP contribution is -2.14. The van der Waals surface area contributed by atoms with Gasteiger partial charge in [0.2, 0.25) is 0 Å².